The van der Waals surface area contributed by atoms with Crippen LogP contribution in [0.2, 0.25) is 0 Å². The Hall–Kier alpha value is -2.52. The number of likely N-dealkylation sites (N-methyl/N-ethyl adjacent to an activating group) is 1. The van der Waals surface area contributed by atoms with Gasteiger partial charge in [0.2, 0.25) is 5.91 Å². The number of ether oxygens (including phenoxy) is 2. The van der Waals surface area contributed by atoms with Crippen LogP contribution in [0.25, 0.3) is 10.2 Å². The third-order valence-corrected chi connectivity index (χ3v) is 7.81. The van der Waals surface area contributed by atoms with E-state index in [4.69, 9.17) is 9.47 Å². The number of aromatic nitrogens is 2. The SMILES string of the molecule is COc1ccc(CCN(C)C(=O)CSCc2nc3sc4c(c3c(=O)[nH]2)CCC4)cc1OC. The summed E-state index contributed by atoms with van der Waals surface area (Å²) < 4.78 is 10.6. The molecule has 7 nitrogen and oxygen atoms in total. The predicted octanol–water partition coefficient (Wildman–Crippen LogP) is 3.42. The standard InChI is InChI=1S/C23H27N3O4S2/c1-26(10-9-14-7-8-16(29-2)17(11-14)30-3)20(27)13-31-12-19-24-22(28)21-15-5-4-6-18(15)32-23(21)25-19/h7-8,11H,4-6,9-10,12-13H2,1-3H3,(H,24,25,28). The van der Waals surface area contributed by atoms with E-state index in [0.717, 1.165) is 41.5 Å². The van der Waals surface area contributed by atoms with Crippen molar-refractivity contribution >= 4 is 39.2 Å². The number of amides is 1. The Balaban J connectivity index is 1.29. The lowest BCUT2D eigenvalue weighted by Crippen LogP contribution is -2.30. The lowest BCUT2D eigenvalue weighted by molar-refractivity contribution is -0.127. The molecule has 0 saturated carbocycles. The number of hydrogen-bond acceptors (Lipinski definition) is 7. The summed E-state index contributed by atoms with van der Waals surface area (Å²) in [7, 11) is 5.03. The van der Waals surface area contributed by atoms with Crippen molar-refractivity contribution in [1.82, 2.24) is 14.9 Å². The number of carbonyl (C=O) groups excluding carboxylic acids is 1. The average Bonchev–Trinajstić information content (AvgIpc) is 3.38. The van der Waals surface area contributed by atoms with Crippen molar-refractivity contribution in [2.75, 3.05) is 33.6 Å². The smallest absolute Gasteiger partial charge is 0.259 e. The van der Waals surface area contributed by atoms with Gasteiger partial charge >= 0.3 is 0 Å². The lowest BCUT2D eigenvalue weighted by Gasteiger charge is -2.17. The topological polar surface area (TPSA) is 84.5 Å². The first-order chi connectivity index (χ1) is 15.5. The van der Waals surface area contributed by atoms with Crippen LogP contribution in [-0.4, -0.2) is 54.3 Å². The van der Waals surface area contributed by atoms with Gasteiger partial charge in [0.25, 0.3) is 5.56 Å². The van der Waals surface area contributed by atoms with Crippen LogP contribution in [0.1, 0.15) is 28.2 Å². The maximum Gasteiger partial charge on any atom is 0.259 e. The molecular formula is C23H27N3O4S2. The Morgan fingerprint density at radius 3 is 2.84 bits per heavy atom. The minimum Gasteiger partial charge on any atom is -0.493 e. The molecular weight excluding hydrogens is 446 g/mol. The molecule has 32 heavy (non-hydrogen) atoms. The Kier molecular flexibility index (Phi) is 7.05. The molecule has 170 valence electrons. The number of nitrogens with one attached hydrogen (secondary N) is 1. The summed E-state index contributed by atoms with van der Waals surface area (Å²) in [6.45, 7) is 0.608. The maximum absolute atomic E-state index is 12.5. The van der Waals surface area contributed by atoms with Crippen molar-refractivity contribution in [1.29, 1.82) is 0 Å². The van der Waals surface area contributed by atoms with E-state index in [9.17, 15) is 9.59 Å². The van der Waals surface area contributed by atoms with Crippen LogP contribution in [0.5, 0.6) is 11.5 Å². The normalized spacial score (nSPS) is 12.7. The molecule has 3 aromatic rings. The van der Waals surface area contributed by atoms with Gasteiger partial charge in [-0.05, 0) is 48.9 Å². The van der Waals surface area contributed by atoms with Gasteiger partial charge in [-0.25, -0.2) is 4.98 Å². The molecule has 1 N–H and O–H groups in total. The summed E-state index contributed by atoms with van der Waals surface area (Å²) in [4.78, 5) is 36.5. The van der Waals surface area contributed by atoms with E-state index in [0.29, 0.717) is 35.4 Å². The van der Waals surface area contributed by atoms with Crippen molar-refractivity contribution in [2.45, 2.75) is 31.4 Å². The molecule has 1 aliphatic carbocycles. The van der Waals surface area contributed by atoms with E-state index < -0.39 is 0 Å². The number of aryl methyl sites for hydroxylation is 2. The van der Waals surface area contributed by atoms with E-state index in [1.54, 1.807) is 30.5 Å². The minimum absolute atomic E-state index is 0.0500. The summed E-state index contributed by atoms with van der Waals surface area (Å²) in [5.41, 5.74) is 2.21. The zero-order valence-corrected chi connectivity index (χ0v) is 20.2. The number of thioether (sulfide) groups is 1. The molecule has 0 fully saturated rings. The van der Waals surface area contributed by atoms with Crippen molar-refractivity contribution in [3.8, 4) is 11.5 Å². The van der Waals surface area contributed by atoms with Crippen LogP contribution in [0, 0.1) is 0 Å². The summed E-state index contributed by atoms with van der Waals surface area (Å²) in [5, 5.41) is 0.766. The highest BCUT2D eigenvalue weighted by Crippen LogP contribution is 2.34. The van der Waals surface area contributed by atoms with Crippen molar-refractivity contribution in [3.63, 3.8) is 0 Å². The van der Waals surface area contributed by atoms with E-state index in [2.05, 4.69) is 9.97 Å². The number of benzene rings is 1. The lowest BCUT2D eigenvalue weighted by atomic mass is 10.1. The van der Waals surface area contributed by atoms with Gasteiger partial charge in [0.1, 0.15) is 10.7 Å². The van der Waals surface area contributed by atoms with Crippen LogP contribution in [-0.2, 0) is 29.8 Å². The molecule has 1 aliphatic rings. The van der Waals surface area contributed by atoms with E-state index in [1.807, 2.05) is 25.2 Å². The van der Waals surface area contributed by atoms with Gasteiger partial charge in [0.05, 0.1) is 31.1 Å². The van der Waals surface area contributed by atoms with Crippen molar-refractivity contribution in [3.05, 3.63) is 50.4 Å². The summed E-state index contributed by atoms with van der Waals surface area (Å²) >= 11 is 3.10. The molecule has 2 aromatic heterocycles. The van der Waals surface area contributed by atoms with Crippen LogP contribution in [0.4, 0.5) is 0 Å². The van der Waals surface area contributed by atoms with Crippen LogP contribution in [0.15, 0.2) is 23.0 Å². The number of carbonyl (C=O) groups is 1. The number of methoxy groups -OCH3 is 2. The summed E-state index contributed by atoms with van der Waals surface area (Å²) in [6.07, 6.45) is 3.86. The predicted molar refractivity (Wildman–Crippen MR) is 129 cm³/mol. The van der Waals surface area contributed by atoms with Gasteiger partial charge in [-0.2, -0.15) is 0 Å². The number of aromatic amines is 1. The Morgan fingerprint density at radius 1 is 1.25 bits per heavy atom. The second kappa shape index (κ2) is 9.95. The molecule has 4 rings (SSSR count). The number of nitrogens with zero attached hydrogens (tertiary/aromatic N) is 2. The second-order valence-corrected chi connectivity index (χ2v) is 9.87. The number of hydrogen-bond donors (Lipinski definition) is 1. The fraction of sp³-hybridized carbons (Fsp3) is 0.435. The van der Waals surface area contributed by atoms with Gasteiger partial charge in [0, 0.05) is 18.5 Å². The molecule has 0 aliphatic heterocycles. The van der Waals surface area contributed by atoms with Crippen LogP contribution >= 0.6 is 23.1 Å². The van der Waals surface area contributed by atoms with E-state index in [-0.39, 0.29) is 11.5 Å². The highest BCUT2D eigenvalue weighted by molar-refractivity contribution is 7.99. The molecule has 0 unspecified atom stereocenters. The average molecular weight is 474 g/mol. The molecule has 1 amide bonds. The first kappa shape index (κ1) is 22.7. The monoisotopic (exact) mass is 473 g/mol. The molecule has 0 bridgehead atoms. The highest BCUT2D eigenvalue weighted by atomic mass is 32.2. The van der Waals surface area contributed by atoms with Gasteiger partial charge in [0.15, 0.2) is 11.5 Å². The maximum atomic E-state index is 12.5. The molecule has 0 saturated heterocycles. The fourth-order valence-electron chi connectivity index (χ4n) is 3.92. The Bertz CT molecular complexity index is 1190. The third kappa shape index (κ3) is 4.78. The second-order valence-electron chi connectivity index (χ2n) is 7.80. The Labute approximate surface area is 195 Å². The zero-order valence-electron chi connectivity index (χ0n) is 18.5. The first-order valence-corrected chi connectivity index (χ1v) is 12.5. The largest absolute Gasteiger partial charge is 0.493 e. The van der Waals surface area contributed by atoms with Gasteiger partial charge < -0.3 is 19.4 Å². The first-order valence-electron chi connectivity index (χ1n) is 10.6. The van der Waals surface area contributed by atoms with Gasteiger partial charge in [-0.15, -0.1) is 23.1 Å². The highest BCUT2D eigenvalue weighted by Gasteiger charge is 2.21. The number of fused-ring (bicyclic) bond motifs is 3. The quantitative estimate of drug-likeness (QED) is 0.513. The molecule has 0 radical (unpaired) electrons. The number of H-pyrrole nitrogens is 1. The van der Waals surface area contributed by atoms with E-state index in [1.165, 1.54) is 22.2 Å². The van der Waals surface area contributed by atoms with Gasteiger partial charge in [-0.3, -0.25) is 9.59 Å². The molecule has 9 heteroatoms. The van der Waals surface area contributed by atoms with Crippen molar-refractivity contribution in [2.24, 2.45) is 0 Å². The van der Waals surface area contributed by atoms with E-state index >= 15 is 0 Å². The minimum atomic E-state index is -0.0524. The molecule has 1 aromatic carbocycles. The number of rotatable bonds is 9. The van der Waals surface area contributed by atoms with Gasteiger partial charge in [-0.1, -0.05) is 6.07 Å². The van der Waals surface area contributed by atoms with Crippen LogP contribution < -0.4 is 15.0 Å². The molecule has 2 heterocycles. The molecule has 0 spiro atoms. The number of thiophene rings is 1. The van der Waals surface area contributed by atoms with Crippen LogP contribution in [0.3, 0.4) is 0 Å². The van der Waals surface area contributed by atoms with Crippen molar-refractivity contribution < 1.29 is 14.3 Å². The molecule has 0 atom stereocenters. The zero-order chi connectivity index (χ0) is 22.7. The summed E-state index contributed by atoms with van der Waals surface area (Å²) in [5.74, 6) is 2.90. The Morgan fingerprint density at radius 2 is 2.06 bits per heavy atom. The third-order valence-electron chi connectivity index (χ3n) is 5.70. The summed E-state index contributed by atoms with van der Waals surface area (Å²) in [6, 6.07) is 5.79. The fourth-order valence-corrected chi connectivity index (χ4v) is 6.03.